The van der Waals surface area contributed by atoms with Crippen molar-refractivity contribution in [1.29, 1.82) is 0 Å². The lowest BCUT2D eigenvalue weighted by Gasteiger charge is -2.27. The molecule has 0 aromatic heterocycles. The minimum Gasteiger partial charge on any atom is -0.460 e. The number of rotatable bonds is 4. The second kappa shape index (κ2) is 4.57. The highest BCUT2D eigenvalue weighted by Crippen LogP contribution is 2.13. The maximum Gasteiger partial charge on any atom is 0.333 e. The summed E-state index contributed by atoms with van der Waals surface area (Å²) in [5.41, 5.74) is 0.273. The van der Waals surface area contributed by atoms with Crippen LogP contribution in [0.4, 0.5) is 0 Å². The van der Waals surface area contributed by atoms with Gasteiger partial charge in [0, 0.05) is 12.7 Å². The molecule has 0 saturated heterocycles. The van der Waals surface area contributed by atoms with Gasteiger partial charge >= 0.3 is 5.97 Å². The molecule has 4 heteroatoms. The maximum atomic E-state index is 11.2. The molecular formula is C9H18O3Si. The SMILES string of the molecule is C=C(C)C(=O)OC(C)[Si](C)(C)OC. The summed E-state index contributed by atoms with van der Waals surface area (Å²) >= 11 is 0. The molecule has 0 N–H and O–H groups in total. The summed E-state index contributed by atoms with van der Waals surface area (Å²) in [5.74, 6) is -0.342. The van der Waals surface area contributed by atoms with Gasteiger partial charge in [-0.15, -0.1) is 0 Å². The van der Waals surface area contributed by atoms with E-state index in [0.29, 0.717) is 5.57 Å². The van der Waals surface area contributed by atoms with E-state index in [-0.39, 0.29) is 11.7 Å². The number of hydrogen-bond donors (Lipinski definition) is 0. The first-order chi connectivity index (χ1) is 5.81. The first kappa shape index (κ1) is 12.4. The van der Waals surface area contributed by atoms with Crippen molar-refractivity contribution in [3.05, 3.63) is 12.2 Å². The molecule has 0 saturated carbocycles. The van der Waals surface area contributed by atoms with E-state index in [4.69, 9.17) is 9.16 Å². The van der Waals surface area contributed by atoms with E-state index in [0.717, 1.165) is 0 Å². The third kappa shape index (κ3) is 3.74. The molecule has 0 aromatic carbocycles. The molecule has 76 valence electrons. The molecule has 1 unspecified atom stereocenters. The van der Waals surface area contributed by atoms with E-state index < -0.39 is 8.32 Å². The number of esters is 1. The van der Waals surface area contributed by atoms with Crippen LogP contribution in [0.3, 0.4) is 0 Å². The van der Waals surface area contributed by atoms with Gasteiger partial charge in [0.25, 0.3) is 0 Å². The standard InChI is InChI=1S/C9H18O3Si/c1-7(2)9(10)12-8(3)13(5,6)11-4/h8H,1H2,2-6H3. The molecule has 0 aliphatic heterocycles. The van der Waals surface area contributed by atoms with Crippen LogP contribution in [-0.4, -0.2) is 27.1 Å². The van der Waals surface area contributed by atoms with Gasteiger partial charge < -0.3 is 9.16 Å². The fourth-order valence-corrected chi connectivity index (χ4v) is 1.29. The Bertz CT molecular complexity index is 211. The first-order valence-electron chi connectivity index (χ1n) is 4.23. The molecule has 0 rings (SSSR count). The van der Waals surface area contributed by atoms with Crippen molar-refractivity contribution in [1.82, 2.24) is 0 Å². The molecule has 0 amide bonds. The van der Waals surface area contributed by atoms with E-state index >= 15 is 0 Å². The predicted octanol–water partition coefficient (Wildman–Crippen LogP) is 1.88. The second-order valence-electron chi connectivity index (χ2n) is 3.64. The summed E-state index contributed by atoms with van der Waals surface area (Å²) in [7, 11) is -0.223. The molecule has 0 aliphatic carbocycles. The van der Waals surface area contributed by atoms with Gasteiger partial charge in [-0.3, -0.25) is 0 Å². The van der Waals surface area contributed by atoms with Crippen LogP contribution in [0.5, 0.6) is 0 Å². The van der Waals surface area contributed by atoms with Crippen LogP contribution < -0.4 is 0 Å². The highest BCUT2D eigenvalue weighted by molar-refractivity contribution is 6.72. The lowest BCUT2D eigenvalue weighted by Crippen LogP contribution is -2.44. The zero-order valence-electron chi connectivity index (χ0n) is 9.01. The van der Waals surface area contributed by atoms with Crippen molar-refractivity contribution in [3.8, 4) is 0 Å². The first-order valence-corrected chi connectivity index (χ1v) is 7.21. The molecule has 3 nitrogen and oxygen atoms in total. The molecule has 0 spiro atoms. The molecule has 0 heterocycles. The lowest BCUT2D eigenvalue weighted by atomic mass is 10.4. The van der Waals surface area contributed by atoms with Crippen LogP contribution in [0.1, 0.15) is 13.8 Å². The van der Waals surface area contributed by atoms with Crippen molar-refractivity contribution in [2.45, 2.75) is 32.7 Å². The Morgan fingerprint density at radius 2 is 1.92 bits per heavy atom. The summed E-state index contributed by atoms with van der Waals surface area (Å²) in [6, 6.07) is 0. The number of carbonyl (C=O) groups is 1. The fraction of sp³-hybridized carbons (Fsp3) is 0.667. The van der Waals surface area contributed by atoms with E-state index in [2.05, 4.69) is 6.58 Å². The van der Waals surface area contributed by atoms with Gasteiger partial charge in [-0.05, 0) is 26.9 Å². The summed E-state index contributed by atoms with van der Waals surface area (Å²) < 4.78 is 10.5. The quantitative estimate of drug-likeness (QED) is 0.397. The number of carbonyl (C=O) groups excluding carboxylic acids is 1. The minimum atomic E-state index is -1.87. The third-order valence-electron chi connectivity index (χ3n) is 2.14. The topological polar surface area (TPSA) is 35.5 Å². The average Bonchev–Trinajstić information content (AvgIpc) is 2.04. The highest BCUT2D eigenvalue weighted by Gasteiger charge is 2.32. The minimum absolute atomic E-state index is 0.151. The molecule has 1 atom stereocenters. The Morgan fingerprint density at radius 1 is 1.46 bits per heavy atom. The lowest BCUT2D eigenvalue weighted by molar-refractivity contribution is -0.140. The zero-order valence-corrected chi connectivity index (χ0v) is 10.0. The number of hydrogen-bond acceptors (Lipinski definition) is 3. The van der Waals surface area contributed by atoms with E-state index in [1.807, 2.05) is 20.0 Å². The Balaban J connectivity index is 4.23. The van der Waals surface area contributed by atoms with Crippen LogP contribution >= 0.6 is 0 Å². The Kier molecular flexibility index (Phi) is 4.36. The van der Waals surface area contributed by atoms with Crippen molar-refractivity contribution >= 4 is 14.3 Å². The second-order valence-corrected chi connectivity index (χ2v) is 8.06. The summed E-state index contributed by atoms with van der Waals surface area (Å²) in [5, 5.41) is 0. The Hall–Kier alpha value is -0.613. The van der Waals surface area contributed by atoms with Gasteiger partial charge in [-0.25, -0.2) is 4.79 Å². The Morgan fingerprint density at radius 3 is 2.23 bits per heavy atom. The van der Waals surface area contributed by atoms with Crippen LogP contribution in [0.25, 0.3) is 0 Å². The smallest absolute Gasteiger partial charge is 0.333 e. The Labute approximate surface area is 80.9 Å². The largest absolute Gasteiger partial charge is 0.460 e. The molecule has 0 aliphatic rings. The fourth-order valence-electron chi connectivity index (χ4n) is 0.569. The summed E-state index contributed by atoms with van der Waals surface area (Å²) in [6.45, 7) is 11.0. The van der Waals surface area contributed by atoms with Gasteiger partial charge in [0.15, 0.2) is 0 Å². The average molecular weight is 202 g/mol. The van der Waals surface area contributed by atoms with Crippen molar-refractivity contribution < 1.29 is 14.0 Å². The van der Waals surface area contributed by atoms with Gasteiger partial charge in [-0.2, -0.15) is 0 Å². The monoisotopic (exact) mass is 202 g/mol. The molecule has 0 fully saturated rings. The van der Waals surface area contributed by atoms with Crippen molar-refractivity contribution in [2.24, 2.45) is 0 Å². The summed E-state index contributed by atoms with van der Waals surface area (Å²) in [4.78, 5) is 11.2. The van der Waals surface area contributed by atoms with Gasteiger partial charge in [-0.1, -0.05) is 6.58 Å². The van der Waals surface area contributed by atoms with Crippen molar-refractivity contribution in [3.63, 3.8) is 0 Å². The number of ether oxygens (including phenoxy) is 1. The van der Waals surface area contributed by atoms with E-state index in [9.17, 15) is 4.79 Å². The predicted molar refractivity (Wildman–Crippen MR) is 54.9 cm³/mol. The van der Waals surface area contributed by atoms with Gasteiger partial charge in [0.2, 0.25) is 8.32 Å². The normalized spacial score (nSPS) is 13.6. The van der Waals surface area contributed by atoms with Crippen molar-refractivity contribution in [2.75, 3.05) is 7.11 Å². The molecule has 13 heavy (non-hydrogen) atoms. The van der Waals surface area contributed by atoms with E-state index in [1.165, 1.54) is 0 Å². The maximum absolute atomic E-state index is 11.2. The molecular weight excluding hydrogens is 184 g/mol. The van der Waals surface area contributed by atoms with Crippen LogP contribution in [0.2, 0.25) is 13.1 Å². The third-order valence-corrected chi connectivity index (χ3v) is 5.27. The van der Waals surface area contributed by atoms with Gasteiger partial charge in [0.05, 0.1) is 0 Å². The zero-order chi connectivity index (χ0) is 10.6. The molecule has 0 bridgehead atoms. The van der Waals surface area contributed by atoms with Gasteiger partial charge in [0.1, 0.15) is 5.73 Å². The molecule has 0 radical (unpaired) electrons. The summed E-state index contributed by atoms with van der Waals surface area (Å²) in [6.07, 6.45) is 0. The molecule has 0 aromatic rings. The van der Waals surface area contributed by atoms with Crippen LogP contribution in [0, 0.1) is 0 Å². The van der Waals surface area contributed by atoms with Crippen LogP contribution in [-0.2, 0) is 14.0 Å². The van der Waals surface area contributed by atoms with Crippen LogP contribution in [0.15, 0.2) is 12.2 Å². The van der Waals surface area contributed by atoms with E-state index in [1.54, 1.807) is 14.0 Å². The highest BCUT2D eigenvalue weighted by atomic mass is 28.4.